The highest BCUT2D eigenvalue weighted by Gasteiger charge is 2.29. The molecule has 0 radical (unpaired) electrons. The zero-order chi connectivity index (χ0) is 27.2. The minimum Gasteiger partial charge on any atom is -0.494 e. The third-order valence-corrected chi connectivity index (χ3v) is 6.47. The number of carbonyl (C=O) groups excluding carboxylic acids is 1. The maximum absolute atomic E-state index is 12.5. The van der Waals surface area contributed by atoms with Gasteiger partial charge in [-0.15, -0.1) is 0 Å². The first-order chi connectivity index (χ1) is 18.3. The average Bonchev–Trinajstić information content (AvgIpc) is 3.33. The number of nitrogens with one attached hydrogen (secondary N) is 2. The molecule has 0 unspecified atom stereocenters. The molecule has 0 aliphatic carbocycles. The van der Waals surface area contributed by atoms with E-state index in [1.54, 1.807) is 13.3 Å². The molecule has 4 rings (SSSR count). The van der Waals surface area contributed by atoms with Gasteiger partial charge in [0.1, 0.15) is 11.4 Å². The van der Waals surface area contributed by atoms with E-state index in [2.05, 4.69) is 56.0 Å². The van der Waals surface area contributed by atoms with Crippen LogP contribution in [0.2, 0.25) is 0 Å². The molecule has 0 spiro atoms. The Morgan fingerprint density at radius 1 is 1.21 bits per heavy atom. The SMILES string of the molecule is COc1cc(N(C)CCN(C)C)c(NC(=O)CCS)cc1Nc1nccc(C2=[N+]3C=CCC(C)=C3N=C2)n1. The molecule has 2 aliphatic heterocycles. The second-order valence-electron chi connectivity index (χ2n) is 9.41. The number of likely N-dealkylation sites (N-methyl/N-ethyl adjacent to an activating group) is 2. The predicted molar refractivity (Wildman–Crippen MR) is 157 cm³/mol. The van der Waals surface area contributed by atoms with E-state index in [-0.39, 0.29) is 5.91 Å². The molecule has 1 aromatic carbocycles. The Bertz CT molecular complexity index is 1330. The van der Waals surface area contributed by atoms with E-state index < -0.39 is 0 Å². The molecule has 10 nitrogen and oxygen atoms in total. The number of nitrogens with zero attached hydrogens (tertiary/aromatic N) is 6. The smallest absolute Gasteiger partial charge is 0.327 e. The number of hydrogen-bond donors (Lipinski definition) is 3. The average molecular weight is 536 g/mol. The maximum Gasteiger partial charge on any atom is 0.327 e. The van der Waals surface area contributed by atoms with Crippen molar-refractivity contribution in [1.82, 2.24) is 14.9 Å². The van der Waals surface area contributed by atoms with E-state index >= 15 is 0 Å². The second-order valence-corrected chi connectivity index (χ2v) is 9.86. The molecular formula is C27H35N8O2S+. The van der Waals surface area contributed by atoms with Crippen molar-refractivity contribution in [2.24, 2.45) is 4.99 Å². The van der Waals surface area contributed by atoms with Gasteiger partial charge in [-0.3, -0.25) is 4.79 Å². The lowest BCUT2D eigenvalue weighted by molar-refractivity contribution is -0.399. The molecule has 200 valence electrons. The first kappa shape index (κ1) is 27.3. The van der Waals surface area contributed by atoms with Crippen molar-refractivity contribution >= 4 is 53.5 Å². The van der Waals surface area contributed by atoms with E-state index in [0.717, 1.165) is 42.4 Å². The van der Waals surface area contributed by atoms with Gasteiger partial charge in [-0.2, -0.15) is 17.2 Å². The van der Waals surface area contributed by atoms with Gasteiger partial charge in [-0.05, 0) is 56.4 Å². The summed E-state index contributed by atoms with van der Waals surface area (Å²) in [6, 6.07) is 5.62. The monoisotopic (exact) mass is 535 g/mol. The summed E-state index contributed by atoms with van der Waals surface area (Å²) in [5.41, 5.74) is 4.97. The van der Waals surface area contributed by atoms with Crippen molar-refractivity contribution in [2.45, 2.75) is 19.8 Å². The van der Waals surface area contributed by atoms with Crippen LogP contribution in [0.3, 0.4) is 0 Å². The maximum atomic E-state index is 12.5. The van der Waals surface area contributed by atoms with Crippen LogP contribution in [0.1, 0.15) is 25.5 Å². The number of anilines is 4. The normalized spacial score (nSPS) is 14.3. The molecule has 0 bridgehead atoms. The van der Waals surface area contributed by atoms with Gasteiger partial charge in [0.05, 0.1) is 30.4 Å². The van der Waals surface area contributed by atoms with Gasteiger partial charge in [-0.25, -0.2) is 9.97 Å². The number of rotatable bonds is 11. The van der Waals surface area contributed by atoms with Crippen molar-refractivity contribution in [2.75, 3.05) is 62.6 Å². The fraction of sp³-hybridized carbons (Fsp3) is 0.370. The summed E-state index contributed by atoms with van der Waals surface area (Å²) in [7, 11) is 7.66. The highest BCUT2D eigenvalue weighted by molar-refractivity contribution is 7.80. The first-order valence-electron chi connectivity index (χ1n) is 12.5. The lowest BCUT2D eigenvalue weighted by Crippen LogP contribution is -2.29. The van der Waals surface area contributed by atoms with Gasteiger partial charge in [0, 0.05) is 44.4 Å². The zero-order valence-electron chi connectivity index (χ0n) is 22.5. The van der Waals surface area contributed by atoms with Crippen molar-refractivity contribution in [3.63, 3.8) is 0 Å². The minimum absolute atomic E-state index is 0.109. The Morgan fingerprint density at radius 2 is 2.03 bits per heavy atom. The van der Waals surface area contributed by atoms with Gasteiger partial charge >= 0.3 is 5.82 Å². The standard InChI is InChI=1S/C27H34N8O2S/c1-18-7-6-11-35-23(17-29-26(18)35)19-8-10-28-27(31-19)32-21-15-20(30-25(36)9-14-38)22(16-24(21)37-5)34(4)13-12-33(2)3/h6,8,10-11,15-17H,7,9,12-14H2,1-5H3,(H2-,28,30,31,32,36,38)/p+1. The van der Waals surface area contributed by atoms with Crippen LogP contribution in [0, 0.1) is 0 Å². The highest BCUT2D eigenvalue weighted by atomic mass is 32.1. The number of ether oxygens (including phenoxy) is 1. The Morgan fingerprint density at radius 3 is 2.76 bits per heavy atom. The van der Waals surface area contributed by atoms with Gasteiger partial charge < -0.3 is 25.2 Å². The van der Waals surface area contributed by atoms with E-state index in [1.165, 1.54) is 5.57 Å². The molecule has 0 atom stereocenters. The van der Waals surface area contributed by atoms with Crippen molar-refractivity contribution in [3.8, 4) is 5.75 Å². The van der Waals surface area contributed by atoms with Crippen LogP contribution in [0.5, 0.6) is 5.75 Å². The minimum atomic E-state index is -0.109. The van der Waals surface area contributed by atoms with E-state index in [1.807, 2.05) is 56.3 Å². The van der Waals surface area contributed by atoms with Crippen LogP contribution in [-0.4, -0.2) is 84.4 Å². The van der Waals surface area contributed by atoms with Crippen LogP contribution in [0.25, 0.3) is 0 Å². The number of amides is 1. The molecule has 38 heavy (non-hydrogen) atoms. The fourth-order valence-corrected chi connectivity index (χ4v) is 4.36. The summed E-state index contributed by atoms with van der Waals surface area (Å²) in [6.45, 7) is 3.71. The third kappa shape index (κ3) is 6.22. The third-order valence-electron chi connectivity index (χ3n) is 6.25. The van der Waals surface area contributed by atoms with E-state index in [0.29, 0.717) is 35.2 Å². The Hall–Kier alpha value is -3.70. The Labute approximate surface area is 229 Å². The van der Waals surface area contributed by atoms with Crippen molar-refractivity contribution < 1.29 is 14.1 Å². The Kier molecular flexibility index (Phi) is 8.80. The first-order valence-corrected chi connectivity index (χ1v) is 13.1. The summed E-state index contributed by atoms with van der Waals surface area (Å²) in [5.74, 6) is 2.30. The number of thiol groups is 1. The quantitative estimate of drug-likeness (QED) is 0.299. The molecule has 1 aromatic heterocycles. The molecule has 2 aromatic rings. The van der Waals surface area contributed by atoms with Gasteiger partial charge in [0.25, 0.3) is 0 Å². The predicted octanol–water partition coefficient (Wildman–Crippen LogP) is 3.52. The topological polar surface area (TPSA) is 98.0 Å². The molecule has 2 aliphatic rings. The van der Waals surface area contributed by atoms with Crippen LogP contribution < -0.4 is 20.3 Å². The molecule has 2 N–H and O–H groups in total. The molecule has 3 heterocycles. The lowest BCUT2D eigenvalue weighted by Gasteiger charge is -2.26. The van der Waals surface area contributed by atoms with Crippen molar-refractivity contribution in [1.29, 1.82) is 0 Å². The number of aromatic nitrogens is 2. The molecule has 11 heteroatoms. The number of methoxy groups -OCH3 is 1. The molecule has 0 saturated carbocycles. The van der Waals surface area contributed by atoms with Gasteiger partial charge in [0.2, 0.25) is 17.6 Å². The zero-order valence-corrected chi connectivity index (χ0v) is 23.4. The largest absolute Gasteiger partial charge is 0.494 e. The highest BCUT2D eigenvalue weighted by Crippen LogP contribution is 2.38. The summed E-state index contributed by atoms with van der Waals surface area (Å²) in [6.07, 6.45) is 8.87. The van der Waals surface area contributed by atoms with Crippen LogP contribution in [0.4, 0.5) is 23.0 Å². The van der Waals surface area contributed by atoms with Crippen LogP contribution in [0.15, 0.2) is 53.1 Å². The molecule has 0 saturated heterocycles. The van der Waals surface area contributed by atoms with Crippen molar-refractivity contribution in [3.05, 3.63) is 53.8 Å². The molecule has 0 fully saturated rings. The summed E-state index contributed by atoms with van der Waals surface area (Å²) < 4.78 is 7.76. The lowest BCUT2D eigenvalue weighted by atomic mass is 10.1. The number of fused-ring (bicyclic) bond motifs is 1. The number of allylic oxidation sites excluding steroid dienone is 2. The number of hydrogen-bond acceptors (Lipinski definition) is 9. The number of carbonyl (C=O) groups is 1. The van der Waals surface area contributed by atoms with E-state index in [4.69, 9.17) is 9.72 Å². The fourth-order valence-electron chi connectivity index (χ4n) is 4.16. The second kappa shape index (κ2) is 12.2. The molecule has 1 amide bonds. The van der Waals surface area contributed by atoms with Crippen LogP contribution in [-0.2, 0) is 4.79 Å². The number of aliphatic imine (C=N–C) groups is 1. The van der Waals surface area contributed by atoms with E-state index in [9.17, 15) is 4.79 Å². The molecular weight excluding hydrogens is 500 g/mol. The summed E-state index contributed by atoms with van der Waals surface area (Å²) in [4.78, 5) is 30.5. The van der Waals surface area contributed by atoms with Gasteiger partial charge in [-0.1, -0.05) is 0 Å². The Balaban J connectivity index is 1.68. The van der Waals surface area contributed by atoms with Crippen LogP contribution >= 0.6 is 12.6 Å². The number of benzene rings is 1. The van der Waals surface area contributed by atoms with Gasteiger partial charge in [0.15, 0.2) is 6.21 Å². The summed E-state index contributed by atoms with van der Waals surface area (Å²) in [5, 5.41) is 6.31. The summed E-state index contributed by atoms with van der Waals surface area (Å²) >= 11 is 4.20.